The van der Waals surface area contributed by atoms with E-state index < -0.39 is 0 Å². The summed E-state index contributed by atoms with van der Waals surface area (Å²) >= 11 is 1.71. The van der Waals surface area contributed by atoms with Crippen LogP contribution in [0, 0.1) is 6.92 Å². The lowest BCUT2D eigenvalue weighted by atomic mass is 10.3. The molecule has 0 atom stereocenters. The van der Waals surface area contributed by atoms with Crippen molar-refractivity contribution in [3.63, 3.8) is 0 Å². The van der Waals surface area contributed by atoms with Gasteiger partial charge in [0.05, 0.1) is 12.7 Å². The lowest BCUT2D eigenvalue weighted by molar-refractivity contribution is 0.503. The summed E-state index contributed by atoms with van der Waals surface area (Å²) in [5.41, 5.74) is 1.06. The Morgan fingerprint density at radius 1 is 1.57 bits per heavy atom. The SMILES string of the molecule is CNCc1cnc(-c2csc(C)c2)o1. The highest BCUT2D eigenvalue weighted by molar-refractivity contribution is 7.10. The first-order valence-electron chi connectivity index (χ1n) is 4.44. The van der Waals surface area contributed by atoms with E-state index in [1.54, 1.807) is 17.5 Å². The summed E-state index contributed by atoms with van der Waals surface area (Å²) in [5.74, 6) is 1.57. The van der Waals surface area contributed by atoms with Gasteiger partial charge in [-0.05, 0) is 20.0 Å². The molecule has 74 valence electrons. The van der Waals surface area contributed by atoms with E-state index in [9.17, 15) is 0 Å². The molecule has 14 heavy (non-hydrogen) atoms. The van der Waals surface area contributed by atoms with Crippen LogP contribution in [-0.2, 0) is 6.54 Å². The molecule has 0 unspecified atom stereocenters. The van der Waals surface area contributed by atoms with E-state index in [-0.39, 0.29) is 0 Å². The summed E-state index contributed by atoms with van der Waals surface area (Å²) in [4.78, 5) is 5.49. The Morgan fingerprint density at radius 3 is 3.07 bits per heavy atom. The van der Waals surface area contributed by atoms with Crippen molar-refractivity contribution in [2.75, 3.05) is 7.05 Å². The first-order chi connectivity index (χ1) is 6.79. The van der Waals surface area contributed by atoms with Gasteiger partial charge in [0.25, 0.3) is 0 Å². The zero-order valence-electron chi connectivity index (χ0n) is 8.20. The number of hydrogen-bond donors (Lipinski definition) is 1. The van der Waals surface area contributed by atoms with Crippen molar-refractivity contribution in [1.29, 1.82) is 0 Å². The molecule has 0 saturated carbocycles. The summed E-state index contributed by atoms with van der Waals surface area (Å²) in [5, 5.41) is 5.08. The van der Waals surface area contributed by atoms with E-state index in [4.69, 9.17) is 4.42 Å². The average molecular weight is 208 g/mol. The molecule has 0 bridgehead atoms. The highest BCUT2D eigenvalue weighted by Crippen LogP contribution is 2.24. The normalized spacial score (nSPS) is 10.7. The fourth-order valence-electron chi connectivity index (χ4n) is 1.25. The fourth-order valence-corrected chi connectivity index (χ4v) is 1.93. The van der Waals surface area contributed by atoms with Gasteiger partial charge in [0, 0.05) is 15.8 Å². The van der Waals surface area contributed by atoms with E-state index >= 15 is 0 Å². The van der Waals surface area contributed by atoms with Gasteiger partial charge in [-0.3, -0.25) is 0 Å². The second-order valence-corrected chi connectivity index (χ2v) is 4.22. The maximum Gasteiger partial charge on any atom is 0.227 e. The second-order valence-electron chi connectivity index (χ2n) is 3.11. The lowest BCUT2D eigenvalue weighted by Crippen LogP contribution is -2.03. The van der Waals surface area contributed by atoms with Gasteiger partial charge in [-0.15, -0.1) is 11.3 Å². The largest absolute Gasteiger partial charge is 0.440 e. The van der Waals surface area contributed by atoms with Crippen molar-refractivity contribution >= 4 is 11.3 Å². The Hall–Kier alpha value is -1.13. The van der Waals surface area contributed by atoms with Gasteiger partial charge < -0.3 is 9.73 Å². The molecule has 4 heteroatoms. The predicted molar refractivity (Wildman–Crippen MR) is 57.3 cm³/mol. The van der Waals surface area contributed by atoms with Crippen molar-refractivity contribution in [3.8, 4) is 11.5 Å². The van der Waals surface area contributed by atoms with Crippen LogP contribution >= 0.6 is 11.3 Å². The van der Waals surface area contributed by atoms with Crippen LogP contribution in [-0.4, -0.2) is 12.0 Å². The molecule has 0 radical (unpaired) electrons. The van der Waals surface area contributed by atoms with Crippen LogP contribution in [0.5, 0.6) is 0 Å². The molecular weight excluding hydrogens is 196 g/mol. The van der Waals surface area contributed by atoms with E-state index in [0.717, 1.165) is 17.9 Å². The number of aromatic nitrogens is 1. The Balaban J connectivity index is 2.24. The fraction of sp³-hybridized carbons (Fsp3) is 0.300. The molecule has 0 fully saturated rings. The molecular formula is C10H12N2OS. The Labute approximate surface area is 86.8 Å². The molecule has 2 aromatic heterocycles. The Bertz CT molecular complexity index is 419. The third-order valence-electron chi connectivity index (χ3n) is 1.88. The first-order valence-corrected chi connectivity index (χ1v) is 5.32. The minimum absolute atomic E-state index is 0.708. The summed E-state index contributed by atoms with van der Waals surface area (Å²) in [6.07, 6.45) is 1.76. The summed E-state index contributed by atoms with van der Waals surface area (Å²) in [6.45, 7) is 2.79. The van der Waals surface area contributed by atoms with Crippen LogP contribution in [0.15, 0.2) is 22.1 Å². The van der Waals surface area contributed by atoms with Crippen molar-refractivity contribution in [2.45, 2.75) is 13.5 Å². The van der Waals surface area contributed by atoms with Crippen molar-refractivity contribution < 1.29 is 4.42 Å². The molecule has 0 aliphatic heterocycles. The van der Waals surface area contributed by atoms with Gasteiger partial charge in [0.1, 0.15) is 5.76 Å². The Morgan fingerprint density at radius 2 is 2.43 bits per heavy atom. The number of aryl methyl sites for hydroxylation is 1. The Kier molecular flexibility index (Phi) is 2.65. The number of oxazole rings is 1. The molecule has 0 amide bonds. The van der Waals surface area contributed by atoms with Crippen LogP contribution in [0.4, 0.5) is 0 Å². The second kappa shape index (κ2) is 3.94. The standard InChI is InChI=1S/C10H12N2OS/c1-7-3-8(6-14-7)10-12-5-9(13-10)4-11-2/h3,5-6,11H,4H2,1-2H3. The van der Waals surface area contributed by atoms with Crippen molar-refractivity contribution in [3.05, 3.63) is 28.3 Å². The minimum atomic E-state index is 0.708. The third kappa shape index (κ3) is 1.86. The number of hydrogen-bond acceptors (Lipinski definition) is 4. The molecule has 2 rings (SSSR count). The maximum absolute atomic E-state index is 5.56. The van der Waals surface area contributed by atoms with Gasteiger partial charge in [0.2, 0.25) is 5.89 Å². The van der Waals surface area contributed by atoms with Crippen LogP contribution < -0.4 is 5.32 Å². The van der Waals surface area contributed by atoms with Gasteiger partial charge in [0.15, 0.2) is 0 Å². The van der Waals surface area contributed by atoms with E-state index in [2.05, 4.69) is 28.7 Å². The number of nitrogens with one attached hydrogen (secondary N) is 1. The van der Waals surface area contributed by atoms with Crippen LogP contribution in [0.25, 0.3) is 11.5 Å². The highest BCUT2D eigenvalue weighted by Gasteiger charge is 2.06. The predicted octanol–water partition coefficient (Wildman–Crippen LogP) is 2.43. The quantitative estimate of drug-likeness (QED) is 0.841. The smallest absolute Gasteiger partial charge is 0.227 e. The molecule has 0 aromatic carbocycles. The number of thiophene rings is 1. The van der Waals surface area contributed by atoms with Crippen molar-refractivity contribution in [1.82, 2.24) is 10.3 Å². The topological polar surface area (TPSA) is 38.1 Å². The van der Waals surface area contributed by atoms with Gasteiger partial charge in [-0.2, -0.15) is 0 Å². The molecule has 0 saturated heterocycles. The molecule has 3 nitrogen and oxygen atoms in total. The number of rotatable bonds is 3. The van der Waals surface area contributed by atoms with Crippen LogP contribution in [0.3, 0.4) is 0 Å². The van der Waals surface area contributed by atoms with Gasteiger partial charge >= 0.3 is 0 Å². The zero-order chi connectivity index (χ0) is 9.97. The monoisotopic (exact) mass is 208 g/mol. The molecule has 2 heterocycles. The van der Waals surface area contributed by atoms with Crippen LogP contribution in [0.1, 0.15) is 10.6 Å². The lowest BCUT2D eigenvalue weighted by Gasteiger charge is -1.91. The molecule has 0 aliphatic carbocycles. The molecule has 1 N–H and O–H groups in total. The summed E-state index contributed by atoms with van der Waals surface area (Å²) in [6, 6.07) is 2.08. The van der Waals surface area contributed by atoms with E-state index in [1.807, 2.05) is 7.05 Å². The summed E-state index contributed by atoms with van der Waals surface area (Å²) < 4.78 is 5.56. The highest BCUT2D eigenvalue weighted by atomic mass is 32.1. The average Bonchev–Trinajstić information content (AvgIpc) is 2.74. The number of nitrogens with zero attached hydrogens (tertiary/aromatic N) is 1. The first kappa shape index (κ1) is 9.43. The zero-order valence-corrected chi connectivity index (χ0v) is 9.02. The van der Waals surface area contributed by atoms with Crippen LogP contribution in [0.2, 0.25) is 0 Å². The van der Waals surface area contributed by atoms with Crippen molar-refractivity contribution in [2.24, 2.45) is 0 Å². The van der Waals surface area contributed by atoms with E-state index in [1.165, 1.54) is 4.88 Å². The third-order valence-corrected chi connectivity index (χ3v) is 2.74. The molecule has 0 spiro atoms. The molecule has 2 aromatic rings. The van der Waals surface area contributed by atoms with Gasteiger partial charge in [-0.25, -0.2) is 4.98 Å². The van der Waals surface area contributed by atoms with Gasteiger partial charge in [-0.1, -0.05) is 0 Å². The maximum atomic E-state index is 5.56. The molecule has 0 aliphatic rings. The summed E-state index contributed by atoms with van der Waals surface area (Å²) in [7, 11) is 1.89. The van der Waals surface area contributed by atoms with E-state index in [0.29, 0.717) is 5.89 Å². The minimum Gasteiger partial charge on any atom is -0.440 e.